The number of carbonyl (C=O) groups excluding carboxylic acids is 5. The van der Waals surface area contributed by atoms with Gasteiger partial charge in [0.05, 0.1) is 25.3 Å². The SMILES string of the molecule is COc1cc2cc(c1Cl)N(C)C(=O)CC(OC(=O)C(C)N(C)C(=O)CCC(C)(C)SSCCC(C(N)=O)S(=O)(=O)O)C1(C)OC1C(C)C1CC(O)(NC(=O)O1)C(OC)C=CC=C(C)C2. The second-order valence-corrected chi connectivity index (χ2v) is 22.4. The van der Waals surface area contributed by atoms with Crippen LogP contribution in [-0.2, 0) is 54.7 Å². The molecule has 0 aliphatic carbocycles. The number of nitrogens with one attached hydrogen (secondary N) is 1. The lowest BCUT2D eigenvalue weighted by atomic mass is 9.83. The number of likely N-dealkylation sites (N-methyl/N-ethyl adjacent to an activating group) is 1. The molecule has 9 unspecified atom stereocenters. The third-order valence-electron chi connectivity index (χ3n) is 11.9. The van der Waals surface area contributed by atoms with Gasteiger partial charge in [0, 0.05) is 50.5 Å². The lowest BCUT2D eigenvalue weighted by Crippen LogP contribution is -2.63. The topological polar surface area (TPSA) is 254 Å². The number of hydrogen-bond acceptors (Lipinski definition) is 15. The summed E-state index contributed by atoms with van der Waals surface area (Å²) in [6.45, 7) is 10.6. The van der Waals surface area contributed by atoms with Crippen molar-refractivity contribution in [3.05, 3.63) is 46.5 Å². The van der Waals surface area contributed by atoms with E-state index >= 15 is 0 Å². The van der Waals surface area contributed by atoms with E-state index in [1.165, 1.54) is 59.6 Å². The molecule has 3 aliphatic rings. The fraction of sp³-hybridized carbons (Fsp3) is 0.643. The van der Waals surface area contributed by atoms with Crippen molar-refractivity contribution in [1.29, 1.82) is 0 Å². The zero-order valence-corrected chi connectivity index (χ0v) is 41.0. The Hall–Kier alpha value is -3.57. The normalized spacial score (nSPS) is 27.5. The summed E-state index contributed by atoms with van der Waals surface area (Å²) in [5.74, 6) is -2.90. The number of halogens is 1. The van der Waals surface area contributed by atoms with Crippen LogP contribution in [-0.4, -0.2) is 139 Å². The van der Waals surface area contributed by atoms with Gasteiger partial charge in [-0.05, 0) is 71.6 Å². The first-order chi connectivity index (χ1) is 29.7. The van der Waals surface area contributed by atoms with Crippen LogP contribution in [0.4, 0.5) is 10.5 Å². The van der Waals surface area contributed by atoms with Gasteiger partial charge in [-0.1, -0.05) is 63.9 Å². The van der Waals surface area contributed by atoms with Gasteiger partial charge in [-0.25, -0.2) is 9.59 Å². The van der Waals surface area contributed by atoms with E-state index in [9.17, 15) is 42.0 Å². The highest BCUT2D eigenvalue weighted by Gasteiger charge is 2.64. The van der Waals surface area contributed by atoms with Gasteiger partial charge in [0.15, 0.2) is 11.0 Å². The van der Waals surface area contributed by atoms with Crippen LogP contribution in [0, 0.1) is 5.92 Å². The number of epoxide rings is 1. The highest BCUT2D eigenvalue weighted by molar-refractivity contribution is 8.77. The van der Waals surface area contributed by atoms with Crippen LogP contribution in [0.15, 0.2) is 35.9 Å². The van der Waals surface area contributed by atoms with Crippen LogP contribution < -0.4 is 20.7 Å². The maximum Gasteiger partial charge on any atom is 0.409 e. The molecule has 18 nitrogen and oxygen atoms in total. The monoisotopic (exact) mass is 976 g/mol. The molecule has 1 aromatic carbocycles. The van der Waals surface area contributed by atoms with Gasteiger partial charge in [0.25, 0.3) is 10.1 Å². The Kier molecular flexibility index (Phi) is 17.7. The number of allylic oxidation sites excluding steroid dienone is 3. The first kappa shape index (κ1) is 53.0. The zero-order chi connectivity index (χ0) is 48.1. The molecule has 0 saturated carbocycles. The van der Waals surface area contributed by atoms with Crippen LogP contribution in [0.5, 0.6) is 5.75 Å². The van der Waals surface area contributed by atoms with E-state index in [-0.39, 0.29) is 42.4 Å². The number of benzene rings is 1. The first-order valence-corrected chi connectivity index (χ1v) is 24.8. The second kappa shape index (κ2) is 21.4. The Labute approximate surface area is 387 Å². The molecule has 1 aromatic rings. The first-order valence-electron chi connectivity index (χ1n) is 20.6. The second-order valence-electron chi connectivity index (χ2n) is 17.3. The number of methoxy groups -OCH3 is 2. The number of nitrogens with two attached hydrogens (primary N) is 1. The molecule has 4 bridgehead atoms. The van der Waals surface area contributed by atoms with Crippen molar-refractivity contribution in [2.45, 2.75) is 132 Å². The van der Waals surface area contributed by atoms with Crippen LogP contribution in [0.3, 0.4) is 0 Å². The summed E-state index contributed by atoms with van der Waals surface area (Å²) in [5, 5.41) is 12.8. The number of aliphatic hydroxyl groups is 1. The van der Waals surface area contributed by atoms with Gasteiger partial charge in [-0.15, -0.1) is 0 Å². The molecule has 4 rings (SSSR count). The van der Waals surface area contributed by atoms with Crippen molar-refractivity contribution in [3.63, 3.8) is 0 Å². The van der Waals surface area contributed by atoms with E-state index < -0.39 is 91.7 Å². The average molecular weight is 978 g/mol. The van der Waals surface area contributed by atoms with E-state index in [2.05, 4.69) is 5.32 Å². The Morgan fingerprint density at radius 3 is 2.50 bits per heavy atom. The number of ether oxygens (including phenoxy) is 5. The fourth-order valence-electron chi connectivity index (χ4n) is 7.64. The van der Waals surface area contributed by atoms with Crippen molar-refractivity contribution in [1.82, 2.24) is 10.2 Å². The van der Waals surface area contributed by atoms with Crippen molar-refractivity contribution in [3.8, 4) is 5.75 Å². The summed E-state index contributed by atoms with van der Waals surface area (Å²) in [4.78, 5) is 68.8. The Morgan fingerprint density at radius 2 is 1.89 bits per heavy atom. The summed E-state index contributed by atoms with van der Waals surface area (Å²) in [6.07, 6.45) is 0.596. The third kappa shape index (κ3) is 13.1. The standard InChI is InChI=1S/C42H61ClN4O14S3/c1-23-12-11-13-31(58-10)42(53)22-29(59-39(52)45-42)24(2)36-41(6,61-36)32(21-34(49)47(8)27-19-26(18-23)20-28(57-9)35(27)43)60-38(51)25(3)46(7)33(48)14-16-40(4,5)63-62-17-15-30(37(44)50)64(54,55)56/h11-13,19-20,24-25,29-32,36,53H,14-18,21-22H2,1-10H3,(H2,44,50)(H,45,52)(H,54,55,56). The van der Waals surface area contributed by atoms with E-state index in [0.29, 0.717) is 24.3 Å². The molecule has 0 radical (unpaired) electrons. The number of nitrogens with zero attached hydrogens (tertiary/aromatic N) is 2. The predicted molar refractivity (Wildman–Crippen MR) is 243 cm³/mol. The van der Waals surface area contributed by atoms with Crippen molar-refractivity contribution in [2.75, 3.05) is 39.0 Å². The molecule has 358 valence electrons. The Bertz CT molecular complexity index is 2110. The molecule has 3 aliphatic heterocycles. The molecule has 2 fully saturated rings. The van der Waals surface area contributed by atoms with Crippen molar-refractivity contribution < 1.29 is 65.7 Å². The molecule has 64 heavy (non-hydrogen) atoms. The smallest absolute Gasteiger partial charge is 0.409 e. The van der Waals surface area contributed by atoms with Gasteiger partial charge in [-0.3, -0.25) is 24.3 Å². The number of primary amides is 1. The van der Waals surface area contributed by atoms with Crippen LogP contribution >= 0.6 is 33.2 Å². The van der Waals surface area contributed by atoms with Crippen LogP contribution in [0.2, 0.25) is 5.02 Å². The van der Waals surface area contributed by atoms with Gasteiger partial charge >= 0.3 is 12.1 Å². The molecule has 0 spiro atoms. The number of fused-ring (bicyclic) bond motifs is 5. The largest absolute Gasteiger partial charge is 0.495 e. The molecule has 5 N–H and O–H groups in total. The number of amides is 4. The highest BCUT2D eigenvalue weighted by atomic mass is 35.5. The molecule has 9 atom stereocenters. The minimum Gasteiger partial charge on any atom is -0.495 e. The lowest BCUT2D eigenvalue weighted by molar-refractivity contribution is -0.162. The maximum atomic E-state index is 14.3. The van der Waals surface area contributed by atoms with Gasteiger partial charge in [0.2, 0.25) is 17.7 Å². The Morgan fingerprint density at radius 1 is 1.22 bits per heavy atom. The number of rotatable bonds is 15. The molecule has 22 heteroatoms. The summed E-state index contributed by atoms with van der Waals surface area (Å²) >= 11 is 6.79. The minimum atomic E-state index is -4.64. The van der Waals surface area contributed by atoms with Crippen molar-refractivity contribution >= 4 is 78.8 Å². The number of carbonyl (C=O) groups is 5. The van der Waals surface area contributed by atoms with E-state index in [1.807, 2.05) is 26.8 Å². The zero-order valence-electron chi connectivity index (χ0n) is 37.7. The number of hydrogen-bond donors (Lipinski definition) is 4. The van der Waals surface area contributed by atoms with Crippen LogP contribution in [0.1, 0.15) is 79.2 Å². The summed E-state index contributed by atoms with van der Waals surface area (Å²) in [7, 11) is 3.86. The molecule has 3 heterocycles. The average Bonchev–Trinajstić information content (AvgIpc) is 3.91. The van der Waals surface area contributed by atoms with E-state index in [0.717, 1.165) is 11.1 Å². The number of anilines is 1. The lowest BCUT2D eigenvalue weighted by Gasteiger charge is -2.42. The Balaban J connectivity index is 1.58. The molecule has 4 amide bonds. The summed E-state index contributed by atoms with van der Waals surface area (Å²) in [6, 6.07) is 2.41. The van der Waals surface area contributed by atoms with Gasteiger partial charge in [-0.2, -0.15) is 8.42 Å². The minimum absolute atomic E-state index is 0.0242. The van der Waals surface area contributed by atoms with Crippen LogP contribution in [0.25, 0.3) is 0 Å². The van der Waals surface area contributed by atoms with E-state index in [1.54, 1.807) is 45.2 Å². The van der Waals surface area contributed by atoms with E-state index in [4.69, 9.17) is 41.0 Å². The maximum absolute atomic E-state index is 14.3. The molecular weight excluding hydrogens is 916 g/mol. The summed E-state index contributed by atoms with van der Waals surface area (Å²) < 4.78 is 61.1. The number of esters is 1. The van der Waals surface area contributed by atoms with Crippen molar-refractivity contribution in [2.24, 2.45) is 11.7 Å². The molecular formula is C42H61ClN4O14S3. The number of alkyl carbamates (subject to hydrolysis) is 1. The third-order valence-corrected chi connectivity index (χ3v) is 16.8. The highest BCUT2D eigenvalue weighted by Crippen LogP contribution is 2.49. The summed E-state index contributed by atoms with van der Waals surface area (Å²) in [5.41, 5.74) is 3.96. The van der Waals surface area contributed by atoms with Gasteiger partial charge in [0.1, 0.15) is 40.7 Å². The molecule has 0 aromatic heterocycles. The van der Waals surface area contributed by atoms with Gasteiger partial charge < -0.3 is 44.3 Å². The fourth-order valence-corrected chi connectivity index (χ4v) is 11.5. The quantitative estimate of drug-likeness (QED) is 0.0617. The molecule has 2 saturated heterocycles. The predicted octanol–water partition coefficient (Wildman–Crippen LogP) is 4.59.